The number of urea groups is 1. The van der Waals surface area contributed by atoms with Gasteiger partial charge in [-0.3, -0.25) is 14.9 Å². The van der Waals surface area contributed by atoms with E-state index in [1.165, 1.54) is 14.0 Å². The molecule has 2 atom stereocenters. The number of ether oxygens (including phenoxy) is 1. The van der Waals surface area contributed by atoms with Crippen molar-refractivity contribution in [1.82, 2.24) is 16.0 Å². The summed E-state index contributed by atoms with van der Waals surface area (Å²) in [6.45, 7) is 1.45. The smallest absolute Gasteiger partial charge is 0.329 e. The molecule has 0 spiro atoms. The number of carbonyl (C=O) groups is 4. The van der Waals surface area contributed by atoms with E-state index in [1.54, 1.807) is 60.7 Å². The largest absolute Gasteiger partial charge is 0.446 e. The minimum Gasteiger partial charge on any atom is -0.446 e. The predicted octanol–water partition coefficient (Wildman–Crippen LogP) is 1.55. The molecule has 0 aliphatic carbocycles. The number of rotatable bonds is 6. The maximum Gasteiger partial charge on any atom is 0.329 e. The first kappa shape index (κ1) is 20.6. The van der Waals surface area contributed by atoms with Crippen LogP contribution in [0.1, 0.15) is 28.9 Å². The van der Waals surface area contributed by atoms with Crippen molar-refractivity contribution in [2.24, 2.45) is 0 Å². The third kappa shape index (κ3) is 5.66. The van der Waals surface area contributed by atoms with Crippen molar-refractivity contribution in [2.75, 3.05) is 7.05 Å². The number of esters is 1. The molecule has 146 valence electrons. The summed E-state index contributed by atoms with van der Waals surface area (Å²) < 4.78 is 5.30. The lowest BCUT2D eigenvalue weighted by Gasteiger charge is -2.20. The topological polar surface area (TPSA) is 114 Å². The Morgan fingerprint density at radius 2 is 1.46 bits per heavy atom. The van der Waals surface area contributed by atoms with Crippen LogP contribution in [0.5, 0.6) is 0 Å². The summed E-state index contributed by atoms with van der Waals surface area (Å²) in [5.41, 5.74) is 0.776. The van der Waals surface area contributed by atoms with Gasteiger partial charge in [0.15, 0.2) is 0 Å². The minimum atomic E-state index is -1.35. The van der Waals surface area contributed by atoms with E-state index in [0.717, 1.165) is 0 Å². The van der Waals surface area contributed by atoms with Gasteiger partial charge in [0.1, 0.15) is 6.04 Å². The summed E-state index contributed by atoms with van der Waals surface area (Å²) >= 11 is 0. The van der Waals surface area contributed by atoms with E-state index >= 15 is 0 Å². The molecule has 0 unspecified atom stereocenters. The lowest BCUT2D eigenvalue weighted by atomic mass is 10.1. The molecule has 0 aliphatic heterocycles. The Kier molecular flexibility index (Phi) is 7.27. The van der Waals surface area contributed by atoms with Crippen molar-refractivity contribution < 1.29 is 23.9 Å². The molecule has 0 fully saturated rings. The zero-order chi connectivity index (χ0) is 20.5. The third-order valence-corrected chi connectivity index (χ3v) is 3.78. The second-order valence-electron chi connectivity index (χ2n) is 5.86. The Labute approximate surface area is 162 Å². The molecule has 3 N–H and O–H groups in total. The molecular weight excluding hydrogens is 362 g/mol. The van der Waals surface area contributed by atoms with E-state index in [1.807, 2.05) is 0 Å². The average molecular weight is 383 g/mol. The molecule has 8 heteroatoms. The Bertz CT molecular complexity index is 839. The van der Waals surface area contributed by atoms with Crippen LogP contribution in [0.2, 0.25) is 0 Å². The molecule has 2 aromatic carbocycles. The highest BCUT2D eigenvalue weighted by atomic mass is 16.5. The van der Waals surface area contributed by atoms with Gasteiger partial charge in [-0.2, -0.15) is 0 Å². The van der Waals surface area contributed by atoms with Gasteiger partial charge < -0.3 is 15.4 Å². The summed E-state index contributed by atoms with van der Waals surface area (Å²) in [6.07, 6.45) is -1.35. The lowest BCUT2D eigenvalue weighted by molar-refractivity contribution is -0.157. The van der Waals surface area contributed by atoms with Crippen LogP contribution in [-0.4, -0.2) is 36.9 Å². The summed E-state index contributed by atoms with van der Waals surface area (Å²) in [5, 5.41) is 6.86. The van der Waals surface area contributed by atoms with Crippen LogP contribution in [0, 0.1) is 0 Å². The first-order chi connectivity index (χ1) is 13.4. The van der Waals surface area contributed by atoms with Crippen LogP contribution < -0.4 is 16.0 Å². The summed E-state index contributed by atoms with van der Waals surface area (Å²) in [7, 11) is 1.35. The zero-order valence-corrected chi connectivity index (χ0v) is 15.5. The SMILES string of the molecule is CNC(=O)NC(=O)[C@H](OC(=O)[C@H](C)NC(=O)c1ccccc1)c1ccccc1. The highest BCUT2D eigenvalue weighted by molar-refractivity contribution is 5.99. The molecule has 0 heterocycles. The van der Waals surface area contributed by atoms with Crippen LogP contribution >= 0.6 is 0 Å². The lowest BCUT2D eigenvalue weighted by Crippen LogP contribution is -2.44. The fraction of sp³-hybridized carbons (Fsp3) is 0.200. The van der Waals surface area contributed by atoms with Crippen LogP contribution in [0.25, 0.3) is 0 Å². The Hall–Kier alpha value is -3.68. The van der Waals surface area contributed by atoms with Crippen molar-refractivity contribution in [3.63, 3.8) is 0 Å². The molecule has 0 aliphatic rings. The molecule has 2 aromatic rings. The number of hydrogen-bond acceptors (Lipinski definition) is 5. The van der Waals surface area contributed by atoms with E-state index < -0.39 is 36.0 Å². The van der Waals surface area contributed by atoms with Gasteiger partial charge in [0.2, 0.25) is 6.10 Å². The molecule has 0 saturated carbocycles. The van der Waals surface area contributed by atoms with Crippen LogP contribution in [-0.2, 0) is 14.3 Å². The monoisotopic (exact) mass is 383 g/mol. The molecule has 0 radical (unpaired) electrons. The van der Waals surface area contributed by atoms with Gasteiger partial charge >= 0.3 is 12.0 Å². The Balaban J connectivity index is 2.09. The van der Waals surface area contributed by atoms with Gasteiger partial charge in [-0.25, -0.2) is 9.59 Å². The molecular formula is C20H21N3O5. The quantitative estimate of drug-likeness (QED) is 0.655. The molecule has 8 nitrogen and oxygen atoms in total. The summed E-state index contributed by atoms with van der Waals surface area (Å²) in [6, 6.07) is 14.9. The van der Waals surface area contributed by atoms with E-state index in [0.29, 0.717) is 11.1 Å². The van der Waals surface area contributed by atoms with Gasteiger partial charge in [-0.05, 0) is 19.1 Å². The number of carbonyl (C=O) groups excluding carboxylic acids is 4. The number of nitrogens with one attached hydrogen (secondary N) is 3. The summed E-state index contributed by atoms with van der Waals surface area (Å²) in [4.78, 5) is 48.4. The molecule has 0 aromatic heterocycles. The minimum absolute atomic E-state index is 0.388. The van der Waals surface area contributed by atoms with Crippen molar-refractivity contribution >= 4 is 23.8 Å². The second-order valence-corrected chi connectivity index (χ2v) is 5.86. The molecule has 4 amide bonds. The van der Waals surface area contributed by atoms with E-state index in [-0.39, 0.29) is 0 Å². The second kappa shape index (κ2) is 9.86. The Morgan fingerprint density at radius 3 is 2.04 bits per heavy atom. The number of benzene rings is 2. The fourth-order valence-corrected chi connectivity index (χ4v) is 2.29. The standard InChI is InChI=1S/C20H21N3O5/c1-13(22-17(24)15-11-7-4-8-12-15)19(26)28-16(14-9-5-3-6-10-14)18(25)23-20(27)21-2/h3-13,16H,1-2H3,(H,22,24)(H2,21,23,25,27)/t13-,16+/m0/s1. The van der Waals surface area contributed by atoms with Gasteiger partial charge in [0, 0.05) is 18.2 Å². The first-order valence-electron chi connectivity index (χ1n) is 8.56. The average Bonchev–Trinajstić information content (AvgIpc) is 2.72. The fourth-order valence-electron chi connectivity index (χ4n) is 2.29. The Morgan fingerprint density at radius 1 is 0.893 bits per heavy atom. The van der Waals surface area contributed by atoms with Crippen molar-refractivity contribution in [3.8, 4) is 0 Å². The highest BCUT2D eigenvalue weighted by Gasteiger charge is 2.29. The van der Waals surface area contributed by atoms with Crippen molar-refractivity contribution in [3.05, 3.63) is 71.8 Å². The maximum atomic E-state index is 12.4. The molecule has 28 heavy (non-hydrogen) atoms. The van der Waals surface area contributed by atoms with Gasteiger partial charge in [0.05, 0.1) is 0 Å². The van der Waals surface area contributed by atoms with Crippen LogP contribution in [0.15, 0.2) is 60.7 Å². The zero-order valence-electron chi connectivity index (χ0n) is 15.5. The van der Waals surface area contributed by atoms with Gasteiger partial charge in [-0.1, -0.05) is 48.5 Å². The normalized spacial score (nSPS) is 12.2. The third-order valence-electron chi connectivity index (χ3n) is 3.78. The molecule has 0 saturated heterocycles. The number of hydrogen-bond donors (Lipinski definition) is 3. The van der Waals surface area contributed by atoms with Gasteiger partial charge in [0.25, 0.3) is 11.8 Å². The van der Waals surface area contributed by atoms with E-state index in [4.69, 9.17) is 4.74 Å². The number of amides is 4. The van der Waals surface area contributed by atoms with E-state index in [9.17, 15) is 19.2 Å². The molecule has 2 rings (SSSR count). The highest BCUT2D eigenvalue weighted by Crippen LogP contribution is 2.18. The van der Waals surface area contributed by atoms with Crippen LogP contribution in [0.3, 0.4) is 0 Å². The van der Waals surface area contributed by atoms with Crippen molar-refractivity contribution in [2.45, 2.75) is 19.1 Å². The summed E-state index contributed by atoms with van der Waals surface area (Å²) in [5.74, 6) is -2.07. The first-order valence-corrected chi connectivity index (χ1v) is 8.56. The maximum absolute atomic E-state index is 12.4. The van der Waals surface area contributed by atoms with Crippen molar-refractivity contribution in [1.29, 1.82) is 0 Å². The number of imide groups is 1. The van der Waals surface area contributed by atoms with Gasteiger partial charge in [-0.15, -0.1) is 0 Å². The van der Waals surface area contributed by atoms with E-state index in [2.05, 4.69) is 16.0 Å². The molecule has 0 bridgehead atoms. The van der Waals surface area contributed by atoms with Crippen LogP contribution in [0.4, 0.5) is 4.79 Å². The predicted molar refractivity (Wildman–Crippen MR) is 101 cm³/mol.